The summed E-state index contributed by atoms with van der Waals surface area (Å²) < 4.78 is 0. The van der Waals surface area contributed by atoms with Crippen LogP contribution in [0.2, 0.25) is 0 Å². The first-order valence-corrected chi connectivity index (χ1v) is 9.69. The Kier molecular flexibility index (Phi) is 10.4. The fourth-order valence-corrected chi connectivity index (χ4v) is 5.24. The molecular formula is C11H17NO6S3. The Labute approximate surface area is 133 Å². The van der Waals surface area contributed by atoms with Gasteiger partial charge in [0.2, 0.25) is 5.91 Å². The summed E-state index contributed by atoms with van der Waals surface area (Å²) >= 11 is 0. The van der Waals surface area contributed by atoms with Gasteiger partial charge in [0.1, 0.15) is 11.8 Å². The molecule has 0 spiro atoms. The Bertz CT molecular complexity index is 367. The van der Waals surface area contributed by atoms with Crippen LogP contribution in [0, 0.1) is 5.92 Å². The number of Topliss-reactive ketones (excluding diaryl/α,β-unsaturated/α-hetero) is 1. The quantitative estimate of drug-likeness (QED) is 0.372. The number of carboxylic acids is 2. The minimum absolute atomic E-state index is 0.0167. The molecule has 0 bridgehead atoms. The van der Waals surface area contributed by atoms with Crippen molar-refractivity contribution < 1.29 is 29.4 Å². The Morgan fingerprint density at radius 1 is 1.00 bits per heavy atom. The van der Waals surface area contributed by atoms with Gasteiger partial charge in [-0.05, 0) is 16.7 Å². The number of rotatable bonds is 11. The molecule has 120 valence electrons. The maximum atomic E-state index is 10.9. The summed E-state index contributed by atoms with van der Waals surface area (Å²) in [6.07, 6.45) is -0.0167. The zero-order chi connectivity index (χ0) is 16.4. The number of amides is 1. The van der Waals surface area contributed by atoms with Crippen LogP contribution in [-0.4, -0.2) is 51.4 Å². The van der Waals surface area contributed by atoms with Crippen molar-refractivity contribution in [3.8, 4) is 0 Å². The van der Waals surface area contributed by atoms with E-state index in [-0.39, 0.29) is 23.7 Å². The summed E-state index contributed by atoms with van der Waals surface area (Å²) in [5.74, 6) is -3.08. The first-order valence-electron chi connectivity index (χ1n) is 5.87. The van der Waals surface area contributed by atoms with Crippen molar-refractivity contribution >= 4 is 55.0 Å². The van der Waals surface area contributed by atoms with Gasteiger partial charge in [0, 0.05) is 24.9 Å². The van der Waals surface area contributed by atoms with Crippen LogP contribution in [0.5, 0.6) is 0 Å². The second-order valence-corrected chi connectivity index (χ2v) is 8.49. The molecule has 21 heavy (non-hydrogen) atoms. The zero-order valence-electron chi connectivity index (χ0n) is 11.5. The summed E-state index contributed by atoms with van der Waals surface area (Å²) in [4.78, 5) is 43.5. The highest BCUT2D eigenvalue weighted by Crippen LogP contribution is 2.36. The largest absolute Gasteiger partial charge is 0.481 e. The molecule has 10 heteroatoms. The number of nitrogens with one attached hydrogen (secondary N) is 1. The van der Waals surface area contributed by atoms with Gasteiger partial charge in [-0.1, -0.05) is 21.6 Å². The van der Waals surface area contributed by atoms with E-state index in [1.807, 2.05) is 0 Å². The van der Waals surface area contributed by atoms with Crippen molar-refractivity contribution in [2.75, 3.05) is 11.5 Å². The molecule has 0 rings (SSSR count). The lowest BCUT2D eigenvalue weighted by atomic mass is 10.1. The van der Waals surface area contributed by atoms with Crippen molar-refractivity contribution in [3.63, 3.8) is 0 Å². The molecule has 0 saturated heterocycles. The van der Waals surface area contributed by atoms with Crippen molar-refractivity contribution in [1.82, 2.24) is 5.32 Å². The highest BCUT2D eigenvalue weighted by molar-refractivity contribution is 9.09. The van der Waals surface area contributed by atoms with Gasteiger partial charge in [-0.15, -0.1) is 0 Å². The van der Waals surface area contributed by atoms with E-state index in [1.165, 1.54) is 45.3 Å². The van der Waals surface area contributed by atoms with E-state index >= 15 is 0 Å². The highest BCUT2D eigenvalue weighted by atomic mass is 33.5. The Morgan fingerprint density at radius 3 is 2.00 bits per heavy atom. The third-order valence-corrected chi connectivity index (χ3v) is 6.49. The maximum absolute atomic E-state index is 10.9. The molecule has 0 aromatic rings. The Morgan fingerprint density at radius 2 is 1.57 bits per heavy atom. The van der Waals surface area contributed by atoms with Crippen LogP contribution in [0.4, 0.5) is 0 Å². The van der Waals surface area contributed by atoms with Crippen LogP contribution in [0.15, 0.2) is 0 Å². The van der Waals surface area contributed by atoms with E-state index in [0.717, 1.165) is 0 Å². The molecular weight excluding hydrogens is 338 g/mol. The smallest absolute Gasteiger partial charge is 0.327 e. The number of hydrogen-bond acceptors (Lipinski definition) is 7. The second-order valence-electron chi connectivity index (χ2n) is 4.17. The van der Waals surface area contributed by atoms with Crippen molar-refractivity contribution in [2.24, 2.45) is 5.92 Å². The van der Waals surface area contributed by atoms with E-state index in [0.29, 0.717) is 0 Å². The van der Waals surface area contributed by atoms with Crippen LogP contribution in [0.3, 0.4) is 0 Å². The van der Waals surface area contributed by atoms with Gasteiger partial charge in [0.25, 0.3) is 0 Å². The van der Waals surface area contributed by atoms with Crippen molar-refractivity contribution in [3.05, 3.63) is 0 Å². The first-order chi connectivity index (χ1) is 9.73. The van der Waals surface area contributed by atoms with Gasteiger partial charge in [-0.2, -0.15) is 0 Å². The van der Waals surface area contributed by atoms with E-state index in [4.69, 9.17) is 10.2 Å². The molecule has 7 nitrogen and oxygen atoms in total. The molecule has 0 aromatic heterocycles. The van der Waals surface area contributed by atoms with Crippen LogP contribution in [-0.2, 0) is 19.2 Å². The second kappa shape index (κ2) is 10.8. The van der Waals surface area contributed by atoms with Gasteiger partial charge in [0.15, 0.2) is 0 Å². The predicted octanol–water partition coefficient (Wildman–Crippen LogP) is 1.29. The third-order valence-electron chi connectivity index (χ3n) is 2.16. The van der Waals surface area contributed by atoms with Gasteiger partial charge >= 0.3 is 11.9 Å². The lowest BCUT2D eigenvalue weighted by Gasteiger charge is -2.12. The maximum Gasteiger partial charge on any atom is 0.327 e. The number of carboxylic acid groups (broad SMARTS) is 2. The lowest BCUT2D eigenvalue weighted by Crippen LogP contribution is -2.41. The minimum atomic E-state index is -1.12. The number of carbonyl (C=O) groups is 4. The zero-order valence-corrected chi connectivity index (χ0v) is 14.0. The molecule has 0 radical (unpaired) electrons. The van der Waals surface area contributed by atoms with Gasteiger partial charge in [-0.25, -0.2) is 4.79 Å². The van der Waals surface area contributed by atoms with Crippen LogP contribution in [0.1, 0.15) is 20.3 Å². The summed E-state index contributed by atoms with van der Waals surface area (Å²) in [5, 5.41) is 20.1. The van der Waals surface area contributed by atoms with Crippen LogP contribution >= 0.6 is 31.4 Å². The topological polar surface area (TPSA) is 121 Å². The fraction of sp³-hybridized carbons (Fsp3) is 0.636. The summed E-state index contributed by atoms with van der Waals surface area (Å²) in [6.45, 7) is 2.58. The number of aliphatic carboxylic acids is 2. The lowest BCUT2D eigenvalue weighted by molar-refractivity contribution is -0.142. The third kappa shape index (κ3) is 10.5. The standard InChI is InChI=1S/C11H17NO6S3/c1-6(13)3-8(10(15)16)4-19-21-20-5-9(11(17)18)12-7(2)14/h8-9H,3-5H2,1-2H3,(H,12,14)(H,15,16)(H,17,18)/t8-,9-/m0/s1. The molecule has 0 unspecified atom stereocenters. The van der Waals surface area contributed by atoms with Gasteiger partial charge < -0.3 is 20.3 Å². The molecule has 0 saturated carbocycles. The molecule has 0 fully saturated rings. The average molecular weight is 355 g/mol. The normalized spacial score (nSPS) is 13.2. The number of ketones is 1. The molecule has 2 atom stereocenters. The highest BCUT2D eigenvalue weighted by Gasteiger charge is 2.21. The van der Waals surface area contributed by atoms with E-state index in [9.17, 15) is 19.2 Å². The molecule has 0 aliphatic heterocycles. The molecule has 0 aromatic carbocycles. The summed E-state index contributed by atoms with van der Waals surface area (Å²) in [6, 6.07) is -0.979. The van der Waals surface area contributed by atoms with E-state index in [2.05, 4.69) is 5.32 Å². The molecule has 1 amide bonds. The predicted molar refractivity (Wildman–Crippen MR) is 84.2 cm³/mol. The Balaban J connectivity index is 4.01. The SMILES string of the molecule is CC(=O)C[C@@H](CSSSC[C@H](NC(C)=O)C(=O)O)C(=O)O. The Hall–Kier alpha value is -0.870. The van der Waals surface area contributed by atoms with Crippen molar-refractivity contribution in [2.45, 2.75) is 26.3 Å². The van der Waals surface area contributed by atoms with E-state index < -0.39 is 29.8 Å². The molecule has 3 N–H and O–H groups in total. The monoisotopic (exact) mass is 355 g/mol. The fourth-order valence-electron chi connectivity index (χ4n) is 1.22. The minimum Gasteiger partial charge on any atom is -0.481 e. The average Bonchev–Trinajstić information content (AvgIpc) is 2.34. The number of carbonyl (C=O) groups excluding carboxylic acids is 2. The summed E-state index contributed by atoms with van der Waals surface area (Å²) in [5.41, 5.74) is 0. The van der Waals surface area contributed by atoms with Gasteiger partial charge in [0.05, 0.1) is 5.92 Å². The van der Waals surface area contributed by atoms with Crippen LogP contribution in [0.25, 0.3) is 0 Å². The first kappa shape index (κ1) is 20.1. The van der Waals surface area contributed by atoms with Gasteiger partial charge in [-0.3, -0.25) is 9.59 Å². The van der Waals surface area contributed by atoms with Crippen molar-refractivity contribution in [1.29, 1.82) is 0 Å². The number of hydrogen-bond donors (Lipinski definition) is 3. The summed E-state index contributed by atoms with van der Waals surface area (Å²) in [7, 11) is 3.70. The van der Waals surface area contributed by atoms with E-state index in [1.54, 1.807) is 0 Å². The molecule has 0 aliphatic carbocycles. The molecule has 0 aliphatic rings. The molecule has 0 heterocycles. The van der Waals surface area contributed by atoms with Crippen LogP contribution < -0.4 is 5.32 Å².